The van der Waals surface area contributed by atoms with Crippen molar-refractivity contribution in [2.75, 3.05) is 24.7 Å². The predicted molar refractivity (Wildman–Crippen MR) is 79.7 cm³/mol. The summed E-state index contributed by atoms with van der Waals surface area (Å²) in [5, 5.41) is 24.4. The van der Waals surface area contributed by atoms with Crippen molar-refractivity contribution >= 4 is 11.4 Å². The Morgan fingerprint density at radius 2 is 2.35 bits per heavy atom. The number of hydrogen-bond donors (Lipinski definition) is 0. The third-order valence-corrected chi connectivity index (χ3v) is 3.78. The second-order valence-corrected chi connectivity index (χ2v) is 5.10. The van der Waals surface area contributed by atoms with Crippen molar-refractivity contribution in [1.29, 1.82) is 5.26 Å². The summed E-state index contributed by atoms with van der Waals surface area (Å²) in [5.74, 6) is 0.670. The lowest BCUT2D eigenvalue weighted by Crippen LogP contribution is -2.41. The Labute approximate surface area is 131 Å². The fourth-order valence-corrected chi connectivity index (χ4v) is 2.69. The first kappa shape index (κ1) is 14.9. The van der Waals surface area contributed by atoms with Gasteiger partial charge < -0.3 is 9.64 Å². The normalized spacial score (nSPS) is 17.7. The van der Waals surface area contributed by atoms with Crippen LogP contribution in [0.1, 0.15) is 17.4 Å². The number of rotatable bonds is 3. The highest BCUT2D eigenvalue weighted by molar-refractivity contribution is 5.66. The predicted octanol–water partition coefficient (Wildman–Crippen LogP) is 1.17. The second kappa shape index (κ2) is 6.02. The molecule has 9 nitrogen and oxygen atoms in total. The monoisotopic (exact) mass is 314 g/mol. The van der Waals surface area contributed by atoms with E-state index in [9.17, 15) is 10.1 Å². The standard InChI is InChI=1S/C14H14N6O3/c1-18-14(16-9-17-18)13-8-23-5-4-19(13)11-3-2-10(7-15)6-12(11)20(21)22/h2-3,6,9,13H,4-5,8H2,1H3/t13-/m0/s1. The lowest BCUT2D eigenvalue weighted by atomic mass is 10.1. The molecule has 0 N–H and O–H groups in total. The van der Waals surface area contributed by atoms with Gasteiger partial charge in [0.2, 0.25) is 0 Å². The van der Waals surface area contributed by atoms with Crippen LogP contribution in [-0.2, 0) is 11.8 Å². The first-order chi connectivity index (χ1) is 11.1. The highest BCUT2D eigenvalue weighted by Gasteiger charge is 2.32. The minimum atomic E-state index is -0.473. The number of ether oxygens (including phenoxy) is 1. The van der Waals surface area contributed by atoms with Gasteiger partial charge in [0.05, 0.1) is 29.8 Å². The lowest BCUT2D eigenvalue weighted by Gasteiger charge is -2.36. The maximum atomic E-state index is 11.4. The van der Waals surface area contributed by atoms with Crippen molar-refractivity contribution in [1.82, 2.24) is 14.8 Å². The van der Waals surface area contributed by atoms with Gasteiger partial charge in [-0.25, -0.2) is 4.98 Å². The molecule has 1 aliphatic heterocycles. The molecule has 0 radical (unpaired) electrons. The molecule has 23 heavy (non-hydrogen) atoms. The SMILES string of the molecule is Cn1ncnc1[C@@H]1COCCN1c1ccc(C#N)cc1[N+](=O)[O-]. The number of nitro groups is 1. The van der Waals surface area contributed by atoms with E-state index in [1.54, 1.807) is 23.9 Å². The van der Waals surface area contributed by atoms with Gasteiger partial charge in [0.15, 0.2) is 5.82 Å². The fraction of sp³-hybridized carbons (Fsp3) is 0.357. The van der Waals surface area contributed by atoms with Crippen LogP contribution in [0.3, 0.4) is 0 Å². The van der Waals surface area contributed by atoms with E-state index in [0.717, 1.165) is 0 Å². The molecule has 0 unspecified atom stereocenters. The first-order valence-corrected chi connectivity index (χ1v) is 6.98. The van der Waals surface area contributed by atoms with Crippen LogP contribution in [-0.4, -0.2) is 39.4 Å². The van der Waals surface area contributed by atoms with Gasteiger partial charge in [0, 0.05) is 19.7 Å². The molecule has 118 valence electrons. The van der Waals surface area contributed by atoms with Crippen LogP contribution in [0.4, 0.5) is 11.4 Å². The van der Waals surface area contributed by atoms with E-state index in [1.807, 2.05) is 11.0 Å². The number of nitrogens with zero attached hydrogens (tertiary/aromatic N) is 6. The van der Waals surface area contributed by atoms with Gasteiger partial charge in [-0.3, -0.25) is 14.8 Å². The lowest BCUT2D eigenvalue weighted by molar-refractivity contribution is -0.384. The number of nitriles is 1. The molecule has 1 fully saturated rings. The highest BCUT2D eigenvalue weighted by atomic mass is 16.6. The minimum Gasteiger partial charge on any atom is -0.377 e. The van der Waals surface area contributed by atoms with Crippen molar-refractivity contribution in [3.8, 4) is 6.07 Å². The van der Waals surface area contributed by atoms with Crippen molar-refractivity contribution in [2.24, 2.45) is 7.05 Å². The molecule has 9 heteroatoms. The molecular weight excluding hydrogens is 300 g/mol. The summed E-state index contributed by atoms with van der Waals surface area (Å²) in [5.41, 5.74) is 0.604. The van der Waals surface area contributed by atoms with E-state index in [1.165, 1.54) is 12.4 Å². The molecule has 0 spiro atoms. The van der Waals surface area contributed by atoms with Gasteiger partial charge in [-0.2, -0.15) is 10.4 Å². The molecule has 2 heterocycles. The molecule has 0 bridgehead atoms. The van der Waals surface area contributed by atoms with Crippen molar-refractivity contribution < 1.29 is 9.66 Å². The van der Waals surface area contributed by atoms with E-state index >= 15 is 0 Å². The first-order valence-electron chi connectivity index (χ1n) is 6.98. The number of morpholine rings is 1. The summed E-state index contributed by atoms with van der Waals surface area (Å²) >= 11 is 0. The number of benzene rings is 1. The molecule has 0 amide bonds. The molecule has 1 aromatic heterocycles. The third kappa shape index (κ3) is 2.72. The van der Waals surface area contributed by atoms with E-state index < -0.39 is 4.92 Å². The molecule has 1 atom stereocenters. The van der Waals surface area contributed by atoms with E-state index in [0.29, 0.717) is 31.3 Å². The summed E-state index contributed by atoms with van der Waals surface area (Å²) in [7, 11) is 1.77. The average molecular weight is 314 g/mol. The number of nitro benzene ring substituents is 1. The quantitative estimate of drug-likeness (QED) is 0.617. The molecule has 0 saturated carbocycles. The Morgan fingerprint density at radius 3 is 3.00 bits per heavy atom. The van der Waals surface area contributed by atoms with Crippen LogP contribution in [0.5, 0.6) is 0 Å². The van der Waals surface area contributed by atoms with Crippen LogP contribution in [0.2, 0.25) is 0 Å². The Bertz CT molecular complexity index is 781. The maximum absolute atomic E-state index is 11.4. The fourth-order valence-electron chi connectivity index (χ4n) is 2.69. The smallest absolute Gasteiger partial charge is 0.293 e. The molecule has 1 aliphatic rings. The molecular formula is C14H14N6O3. The van der Waals surface area contributed by atoms with Gasteiger partial charge in [-0.15, -0.1) is 0 Å². The Balaban J connectivity index is 2.06. The number of aryl methyl sites for hydroxylation is 1. The number of anilines is 1. The topological polar surface area (TPSA) is 110 Å². The molecule has 1 aromatic carbocycles. The van der Waals surface area contributed by atoms with Crippen LogP contribution < -0.4 is 4.90 Å². The van der Waals surface area contributed by atoms with Crippen LogP contribution >= 0.6 is 0 Å². The largest absolute Gasteiger partial charge is 0.377 e. The molecule has 3 rings (SSSR count). The summed E-state index contributed by atoms with van der Waals surface area (Å²) in [6.45, 7) is 1.32. The summed E-state index contributed by atoms with van der Waals surface area (Å²) in [6, 6.07) is 6.12. The van der Waals surface area contributed by atoms with Gasteiger partial charge in [0.25, 0.3) is 5.69 Å². The maximum Gasteiger partial charge on any atom is 0.293 e. The Morgan fingerprint density at radius 1 is 1.52 bits per heavy atom. The Hall–Kier alpha value is -2.99. The van der Waals surface area contributed by atoms with Crippen LogP contribution in [0, 0.1) is 21.4 Å². The van der Waals surface area contributed by atoms with Gasteiger partial charge in [-0.05, 0) is 12.1 Å². The number of aromatic nitrogens is 3. The zero-order valence-electron chi connectivity index (χ0n) is 12.4. The van der Waals surface area contributed by atoms with Crippen molar-refractivity contribution in [3.63, 3.8) is 0 Å². The third-order valence-electron chi connectivity index (χ3n) is 3.78. The Kier molecular flexibility index (Phi) is 3.91. The molecule has 0 aliphatic carbocycles. The van der Waals surface area contributed by atoms with E-state index in [-0.39, 0.29) is 17.3 Å². The minimum absolute atomic E-state index is 0.0990. The van der Waals surface area contributed by atoms with Crippen molar-refractivity contribution in [2.45, 2.75) is 6.04 Å². The van der Waals surface area contributed by atoms with Crippen LogP contribution in [0.15, 0.2) is 24.5 Å². The molecule has 2 aromatic rings. The summed E-state index contributed by atoms with van der Waals surface area (Å²) < 4.78 is 7.14. The molecule has 1 saturated heterocycles. The highest BCUT2D eigenvalue weighted by Crippen LogP contribution is 2.35. The van der Waals surface area contributed by atoms with Gasteiger partial charge in [-0.1, -0.05) is 0 Å². The zero-order valence-corrected chi connectivity index (χ0v) is 12.4. The summed E-state index contributed by atoms with van der Waals surface area (Å²) in [6.07, 6.45) is 1.44. The van der Waals surface area contributed by atoms with E-state index in [2.05, 4.69) is 10.1 Å². The average Bonchev–Trinajstić information content (AvgIpc) is 3.00. The summed E-state index contributed by atoms with van der Waals surface area (Å²) in [4.78, 5) is 17.0. The van der Waals surface area contributed by atoms with Gasteiger partial charge in [0.1, 0.15) is 18.1 Å². The van der Waals surface area contributed by atoms with Crippen LogP contribution in [0.25, 0.3) is 0 Å². The van der Waals surface area contributed by atoms with Crippen molar-refractivity contribution in [3.05, 3.63) is 46.0 Å². The van der Waals surface area contributed by atoms with Gasteiger partial charge >= 0.3 is 0 Å². The zero-order chi connectivity index (χ0) is 16.4. The number of hydrogen-bond acceptors (Lipinski definition) is 7. The van der Waals surface area contributed by atoms with E-state index in [4.69, 9.17) is 10.00 Å². The second-order valence-electron chi connectivity index (χ2n) is 5.10.